The van der Waals surface area contributed by atoms with Gasteiger partial charge in [0.1, 0.15) is 0 Å². The predicted octanol–water partition coefficient (Wildman–Crippen LogP) is 1.21. The highest BCUT2D eigenvalue weighted by atomic mass is 14.8. The highest BCUT2D eigenvalue weighted by molar-refractivity contribution is 4.96. The Bertz CT molecular complexity index is 96.9. The lowest BCUT2D eigenvalue weighted by Gasteiger charge is -1.95. The van der Waals surface area contributed by atoms with Crippen LogP contribution in [0.15, 0.2) is 0 Å². The maximum atomic E-state index is 3.73. The van der Waals surface area contributed by atoms with Crippen LogP contribution in [0.25, 0.3) is 0 Å². The van der Waals surface area contributed by atoms with Crippen LogP contribution in [0.3, 0.4) is 0 Å². The van der Waals surface area contributed by atoms with E-state index >= 15 is 0 Å². The fraction of sp³-hybridized carbons (Fsp3) is 0.625. The van der Waals surface area contributed by atoms with Gasteiger partial charge in [0.25, 0.3) is 0 Å². The van der Waals surface area contributed by atoms with E-state index in [1.807, 2.05) is 6.92 Å². The number of hydrogen-bond donors (Lipinski definition) is 1. The quantitative estimate of drug-likeness (QED) is 0.439. The molecule has 0 amide bonds. The minimum Gasteiger partial charge on any atom is -0.306 e. The number of unbranched alkanes of at least 4 members (excludes halogenated alkanes) is 1. The van der Waals surface area contributed by atoms with Gasteiger partial charge in [0.15, 0.2) is 0 Å². The summed E-state index contributed by atoms with van der Waals surface area (Å²) >= 11 is 0. The zero-order valence-electron chi connectivity index (χ0n) is 6.04. The first-order valence-electron chi connectivity index (χ1n) is 3.31. The molecule has 0 atom stereocenters. The normalized spacial score (nSPS) is 8.22. The third kappa shape index (κ3) is 7.52. The highest BCUT2D eigenvalue weighted by Gasteiger charge is 1.79. The van der Waals surface area contributed by atoms with E-state index in [1.165, 1.54) is 0 Å². The van der Waals surface area contributed by atoms with Crippen molar-refractivity contribution in [1.82, 2.24) is 5.32 Å². The Labute approximate surface area is 57.8 Å². The molecule has 0 fully saturated rings. The molecule has 1 heteroatoms. The van der Waals surface area contributed by atoms with E-state index in [-0.39, 0.29) is 0 Å². The van der Waals surface area contributed by atoms with E-state index in [0.29, 0.717) is 0 Å². The number of nitrogens with one attached hydrogen (secondary N) is 1. The monoisotopic (exact) mass is 124 g/mol. The molecule has 51 valence electrons. The summed E-state index contributed by atoms with van der Waals surface area (Å²) in [5.41, 5.74) is 0. The fourth-order valence-corrected chi connectivity index (χ4v) is 0.489. The molecule has 0 aromatic rings. The van der Waals surface area contributed by atoms with Crippen LogP contribution in [0.5, 0.6) is 0 Å². The summed E-state index contributed by atoms with van der Waals surface area (Å²) in [5, 5.41) is 3.17. The molecule has 0 aliphatic heterocycles. The molecule has 0 aliphatic carbocycles. The van der Waals surface area contributed by atoms with E-state index < -0.39 is 0 Å². The Morgan fingerprint density at radius 2 is 2.33 bits per heavy atom. The maximum absolute atomic E-state index is 3.73. The first-order valence-corrected chi connectivity index (χ1v) is 3.31. The number of rotatable bonds is 4. The minimum absolute atomic E-state index is 0.816. The molecule has 0 saturated heterocycles. The second kappa shape index (κ2) is 7.52. The SMILES string of the molecule is [CH2]CCCNCC#CC. The van der Waals surface area contributed by atoms with Gasteiger partial charge in [-0.15, -0.1) is 5.92 Å². The molecule has 0 aromatic heterocycles. The van der Waals surface area contributed by atoms with Crippen molar-refractivity contribution in [2.24, 2.45) is 0 Å². The summed E-state index contributed by atoms with van der Waals surface area (Å²) in [6, 6.07) is 0. The van der Waals surface area contributed by atoms with Crippen molar-refractivity contribution in [2.75, 3.05) is 13.1 Å². The van der Waals surface area contributed by atoms with Crippen molar-refractivity contribution in [3.05, 3.63) is 6.92 Å². The molecule has 0 saturated carbocycles. The summed E-state index contributed by atoms with van der Waals surface area (Å²) in [6.45, 7) is 7.43. The summed E-state index contributed by atoms with van der Waals surface area (Å²) in [7, 11) is 0. The van der Waals surface area contributed by atoms with Gasteiger partial charge in [-0.2, -0.15) is 0 Å². The molecule has 9 heavy (non-hydrogen) atoms. The average molecular weight is 124 g/mol. The van der Waals surface area contributed by atoms with Gasteiger partial charge in [-0.3, -0.25) is 0 Å². The Balaban J connectivity index is 2.80. The third-order valence-corrected chi connectivity index (χ3v) is 0.994. The molecule has 0 spiro atoms. The average Bonchev–Trinajstić information content (AvgIpc) is 1.89. The zero-order valence-corrected chi connectivity index (χ0v) is 6.04. The third-order valence-electron chi connectivity index (χ3n) is 0.994. The molecular formula is C8H14N. The van der Waals surface area contributed by atoms with Crippen LogP contribution in [-0.4, -0.2) is 13.1 Å². The summed E-state index contributed by atoms with van der Waals surface area (Å²) in [6.07, 6.45) is 2.15. The van der Waals surface area contributed by atoms with Crippen LogP contribution in [0, 0.1) is 18.8 Å². The van der Waals surface area contributed by atoms with E-state index in [9.17, 15) is 0 Å². The highest BCUT2D eigenvalue weighted by Crippen LogP contribution is 1.79. The minimum atomic E-state index is 0.816. The Morgan fingerprint density at radius 3 is 2.89 bits per heavy atom. The topological polar surface area (TPSA) is 12.0 Å². The van der Waals surface area contributed by atoms with Crippen LogP contribution in [0.2, 0.25) is 0 Å². The largest absolute Gasteiger partial charge is 0.306 e. The van der Waals surface area contributed by atoms with Crippen LogP contribution in [0.4, 0.5) is 0 Å². The van der Waals surface area contributed by atoms with Gasteiger partial charge in [-0.25, -0.2) is 0 Å². The lowest BCUT2D eigenvalue weighted by atomic mass is 10.3. The second-order valence-corrected chi connectivity index (χ2v) is 1.81. The van der Waals surface area contributed by atoms with Crippen molar-refractivity contribution >= 4 is 0 Å². The van der Waals surface area contributed by atoms with E-state index in [4.69, 9.17) is 0 Å². The van der Waals surface area contributed by atoms with Gasteiger partial charge in [0.2, 0.25) is 0 Å². The van der Waals surface area contributed by atoms with Gasteiger partial charge in [0.05, 0.1) is 6.54 Å². The first-order chi connectivity index (χ1) is 4.41. The molecular weight excluding hydrogens is 110 g/mol. The Kier molecular flexibility index (Phi) is 7.12. The second-order valence-electron chi connectivity index (χ2n) is 1.81. The van der Waals surface area contributed by atoms with Crippen LogP contribution in [0.1, 0.15) is 19.8 Å². The molecule has 0 unspecified atom stereocenters. The lowest BCUT2D eigenvalue weighted by Crippen LogP contribution is -2.14. The summed E-state index contributed by atoms with van der Waals surface area (Å²) in [4.78, 5) is 0. The van der Waals surface area contributed by atoms with Crippen LogP contribution < -0.4 is 5.32 Å². The zero-order chi connectivity index (χ0) is 6.95. The smallest absolute Gasteiger partial charge is 0.0576 e. The summed E-state index contributed by atoms with van der Waals surface area (Å²) in [5.74, 6) is 5.74. The van der Waals surface area contributed by atoms with E-state index in [2.05, 4.69) is 24.1 Å². The van der Waals surface area contributed by atoms with Crippen molar-refractivity contribution in [2.45, 2.75) is 19.8 Å². The molecule has 1 radical (unpaired) electrons. The predicted molar refractivity (Wildman–Crippen MR) is 40.9 cm³/mol. The lowest BCUT2D eigenvalue weighted by molar-refractivity contribution is 0.706. The van der Waals surface area contributed by atoms with Crippen molar-refractivity contribution in [3.63, 3.8) is 0 Å². The maximum Gasteiger partial charge on any atom is 0.0576 e. The number of hydrogen-bond acceptors (Lipinski definition) is 1. The Hall–Kier alpha value is -0.480. The van der Waals surface area contributed by atoms with Gasteiger partial charge in [-0.1, -0.05) is 19.3 Å². The molecule has 0 heterocycles. The van der Waals surface area contributed by atoms with Crippen molar-refractivity contribution in [3.8, 4) is 11.8 Å². The van der Waals surface area contributed by atoms with Crippen molar-refractivity contribution < 1.29 is 0 Å². The van der Waals surface area contributed by atoms with Gasteiger partial charge in [-0.05, 0) is 19.9 Å². The molecule has 0 aromatic carbocycles. The van der Waals surface area contributed by atoms with Gasteiger partial charge in [0, 0.05) is 0 Å². The standard InChI is InChI=1S/C8H14N/c1-3-5-7-9-8-6-4-2/h9H,1,3,5,7-8H2,2H3. The fourth-order valence-electron chi connectivity index (χ4n) is 0.489. The van der Waals surface area contributed by atoms with Crippen molar-refractivity contribution in [1.29, 1.82) is 0 Å². The molecule has 0 rings (SSSR count). The molecule has 0 aliphatic rings. The van der Waals surface area contributed by atoms with Gasteiger partial charge < -0.3 is 5.32 Å². The van der Waals surface area contributed by atoms with Gasteiger partial charge >= 0.3 is 0 Å². The van der Waals surface area contributed by atoms with Crippen LogP contribution >= 0.6 is 0 Å². The Morgan fingerprint density at radius 1 is 1.56 bits per heavy atom. The van der Waals surface area contributed by atoms with Crippen LogP contribution in [-0.2, 0) is 0 Å². The molecule has 1 nitrogen and oxygen atoms in total. The summed E-state index contributed by atoms with van der Waals surface area (Å²) < 4.78 is 0. The van der Waals surface area contributed by atoms with E-state index in [0.717, 1.165) is 25.9 Å². The van der Waals surface area contributed by atoms with E-state index in [1.54, 1.807) is 0 Å². The molecule has 1 N–H and O–H groups in total. The first kappa shape index (κ1) is 8.52. The molecule has 0 bridgehead atoms.